The van der Waals surface area contributed by atoms with Crippen LogP contribution in [0.25, 0.3) is 66.1 Å². The van der Waals surface area contributed by atoms with E-state index in [1.165, 1.54) is 0 Å². The maximum Gasteiger partial charge on any atom is 0.0629 e. The minimum Gasteiger partial charge on any atom is -0.0622 e. The molecule has 0 saturated carbocycles. The van der Waals surface area contributed by atoms with Crippen molar-refractivity contribution < 1.29 is 6.85 Å². The van der Waals surface area contributed by atoms with Gasteiger partial charge in [0.25, 0.3) is 0 Å². The number of hydrogen-bond donors (Lipinski definition) is 0. The van der Waals surface area contributed by atoms with Crippen LogP contribution in [0.2, 0.25) is 0 Å². The molecule has 1 heteroatoms. The Morgan fingerprint density at radius 3 is 1.70 bits per heavy atom. The fourth-order valence-corrected chi connectivity index (χ4v) is 5.55. The normalized spacial score (nSPS) is 13.9. The van der Waals surface area contributed by atoms with Gasteiger partial charge in [-0.05, 0) is 78.2 Å². The van der Waals surface area contributed by atoms with Crippen LogP contribution in [0.4, 0.5) is 0 Å². The third kappa shape index (κ3) is 2.70. The monoisotopic (exact) mass is 487 g/mol. The first kappa shape index (κ1) is 14.5. The van der Waals surface area contributed by atoms with E-state index in [1.807, 2.05) is 36.4 Å². The Bertz CT molecular complexity index is 1940. The highest BCUT2D eigenvalue weighted by Gasteiger charge is 2.30. The van der Waals surface area contributed by atoms with Crippen molar-refractivity contribution in [2.45, 2.75) is 0 Å². The van der Waals surface area contributed by atoms with E-state index in [9.17, 15) is 0 Å². The van der Waals surface area contributed by atoms with Gasteiger partial charge in [0.2, 0.25) is 0 Å². The van der Waals surface area contributed by atoms with E-state index in [4.69, 9.17) is 6.85 Å². The Hall–Kier alpha value is -3.68. The van der Waals surface area contributed by atoms with Crippen molar-refractivity contribution in [1.82, 2.24) is 0 Å². The van der Waals surface area contributed by atoms with E-state index in [1.54, 1.807) is 0 Å². The van der Waals surface area contributed by atoms with Crippen LogP contribution in [0.3, 0.4) is 0 Å². The first-order chi connectivity index (χ1) is 18.4. The van der Waals surface area contributed by atoms with Crippen LogP contribution in [0.1, 0.15) is 6.85 Å². The lowest BCUT2D eigenvalue weighted by atomic mass is 9.82. The lowest BCUT2D eigenvalue weighted by Crippen LogP contribution is -1.93. The van der Waals surface area contributed by atoms with Gasteiger partial charge in [0.1, 0.15) is 0 Å². The molecule has 0 atom stereocenters. The molecule has 0 fully saturated rings. The fraction of sp³-hybridized carbons (Fsp3) is 0. The molecule has 0 radical (unpaired) electrons. The largest absolute Gasteiger partial charge is 0.0629 e. The van der Waals surface area contributed by atoms with Crippen molar-refractivity contribution in [2.75, 3.05) is 0 Å². The topological polar surface area (TPSA) is 0 Å². The van der Waals surface area contributed by atoms with Crippen molar-refractivity contribution in [1.29, 1.82) is 0 Å². The molecule has 6 aromatic rings. The van der Waals surface area contributed by atoms with Gasteiger partial charge in [-0.2, -0.15) is 0 Å². The molecular weight excluding hydrogens is 464 g/mol. The highest BCUT2D eigenvalue weighted by Crippen LogP contribution is 2.57. The van der Waals surface area contributed by atoms with Crippen LogP contribution < -0.4 is 0 Å². The minimum atomic E-state index is -0.387. The summed E-state index contributed by atoms with van der Waals surface area (Å²) in [6.45, 7) is 0. The Morgan fingerprint density at radius 2 is 1.09 bits per heavy atom. The van der Waals surface area contributed by atoms with Gasteiger partial charge in [-0.3, -0.25) is 0 Å². The molecule has 154 valence electrons. The minimum absolute atomic E-state index is 0.192. The number of fused-ring (bicyclic) bond motifs is 4. The summed E-state index contributed by atoms with van der Waals surface area (Å²) in [5, 5.41) is 4.05. The standard InChI is InChI=1S/C32H19Br/c33-23-18-16-22(17-19-23)30-25-13-5-4-12-24(25)29(21-8-2-1-3-9-21)31-26-14-6-10-20-11-7-15-27(28(20)26)32(30)31/h1-19H/i1D,2D,3D,8D,9D. The van der Waals surface area contributed by atoms with E-state index < -0.39 is 0 Å². The van der Waals surface area contributed by atoms with Crippen molar-refractivity contribution in [3.8, 4) is 44.5 Å². The van der Waals surface area contributed by atoms with Crippen LogP contribution in [-0.2, 0) is 0 Å². The van der Waals surface area contributed by atoms with Gasteiger partial charge in [0.15, 0.2) is 0 Å². The van der Waals surface area contributed by atoms with Gasteiger partial charge in [-0.1, -0.05) is 119 Å². The highest BCUT2D eigenvalue weighted by molar-refractivity contribution is 9.10. The second-order valence-corrected chi connectivity index (χ2v) is 9.18. The van der Waals surface area contributed by atoms with Gasteiger partial charge in [0.05, 0.1) is 6.85 Å². The number of hydrogen-bond acceptors (Lipinski definition) is 0. The maximum atomic E-state index is 8.88. The molecule has 1 aliphatic rings. The van der Waals surface area contributed by atoms with Crippen LogP contribution in [0.15, 0.2) is 120 Å². The highest BCUT2D eigenvalue weighted by atomic mass is 79.9. The van der Waals surface area contributed by atoms with E-state index in [-0.39, 0.29) is 35.8 Å². The van der Waals surface area contributed by atoms with Gasteiger partial charge >= 0.3 is 0 Å². The number of benzene rings is 6. The first-order valence-corrected chi connectivity index (χ1v) is 11.6. The summed E-state index contributed by atoms with van der Waals surface area (Å²) >= 11 is 3.56. The lowest BCUT2D eigenvalue weighted by Gasteiger charge is -2.20. The van der Waals surface area contributed by atoms with Crippen molar-refractivity contribution in [2.24, 2.45) is 0 Å². The summed E-state index contributed by atoms with van der Waals surface area (Å²) in [7, 11) is 0. The molecule has 0 aromatic heterocycles. The number of halogens is 1. The molecule has 0 heterocycles. The molecule has 33 heavy (non-hydrogen) atoms. The second kappa shape index (κ2) is 7.16. The van der Waals surface area contributed by atoms with Gasteiger partial charge in [-0.15, -0.1) is 0 Å². The van der Waals surface area contributed by atoms with Crippen LogP contribution in [0, 0.1) is 0 Å². The Balaban J connectivity index is 1.78. The van der Waals surface area contributed by atoms with Crippen LogP contribution in [0.5, 0.6) is 0 Å². The average molecular weight is 488 g/mol. The summed E-state index contributed by atoms with van der Waals surface area (Å²) < 4.78 is 43.8. The molecule has 6 aromatic carbocycles. The molecule has 0 nitrogen and oxygen atoms in total. The molecule has 0 spiro atoms. The van der Waals surface area contributed by atoms with E-state index in [2.05, 4.69) is 64.5 Å². The average Bonchev–Trinajstić information content (AvgIpc) is 3.27. The van der Waals surface area contributed by atoms with E-state index in [0.717, 1.165) is 59.4 Å². The summed E-state index contributed by atoms with van der Waals surface area (Å²) in [5.74, 6) is 0. The van der Waals surface area contributed by atoms with Crippen LogP contribution >= 0.6 is 15.9 Å². The fourth-order valence-electron chi connectivity index (χ4n) is 5.29. The summed E-state index contributed by atoms with van der Waals surface area (Å²) in [6, 6.07) is 27.3. The molecule has 0 bridgehead atoms. The smallest absolute Gasteiger partial charge is 0.0622 e. The zero-order valence-electron chi connectivity index (χ0n) is 22.5. The van der Waals surface area contributed by atoms with Gasteiger partial charge in [-0.25, -0.2) is 0 Å². The molecule has 0 saturated heterocycles. The predicted octanol–water partition coefficient (Wildman–Crippen LogP) is 9.74. The second-order valence-electron chi connectivity index (χ2n) is 8.26. The molecule has 7 rings (SSSR count). The Morgan fingerprint density at radius 1 is 0.515 bits per heavy atom. The van der Waals surface area contributed by atoms with Crippen molar-refractivity contribution in [3.05, 3.63) is 120 Å². The molecule has 0 aliphatic heterocycles. The third-order valence-corrected chi connectivity index (χ3v) is 7.07. The Labute approximate surface area is 208 Å². The third-order valence-electron chi connectivity index (χ3n) is 6.54. The Kier molecular flexibility index (Phi) is 3.14. The zero-order chi connectivity index (χ0) is 26.3. The quantitative estimate of drug-likeness (QED) is 0.227. The molecule has 0 amide bonds. The summed E-state index contributed by atoms with van der Waals surface area (Å²) in [6.07, 6.45) is 0. The van der Waals surface area contributed by atoms with E-state index >= 15 is 0 Å². The van der Waals surface area contributed by atoms with Crippen LogP contribution in [-0.4, -0.2) is 0 Å². The number of rotatable bonds is 2. The van der Waals surface area contributed by atoms with Crippen molar-refractivity contribution in [3.63, 3.8) is 0 Å². The predicted molar refractivity (Wildman–Crippen MR) is 144 cm³/mol. The zero-order valence-corrected chi connectivity index (χ0v) is 19.0. The summed E-state index contributed by atoms with van der Waals surface area (Å²) in [5.41, 5.74) is 7.07. The maximum absolute atomic E-state index is 8.88. The molecule has 0 unspecified atom stereocenters. The van der Waals surface area contributed by atoms with Gasteiger partial charge < -0.3 is 0 Å². The van der Waals surface area contributed by atoms with Crippen molar-refractivity contribution >= 4 is 37.5 Å². The first-order valence-electron chi connectivity index (χ1n) is 13.3. The molecule has 1 aliphatic carbocycles. The summed E-state index contributed by atoms with van der Waals surface area (Å²) in [4.78, 5) is 0. The van der Waals surface area contributed by atoms with E-state index in [0.29, 0.717) is 5.56 Å². The lowest BCUT2D eigenvalue weighted by molar-refractivity contribution is 1.60. The molecular formula is C32H19Br. The molecule has 0 N–H and O–H groups in total. The SMILES string of the molecule is [2H]c1c([2H])c([2H])c(-c2c3c(c(-c4ccc(Br)cc4)c4ccccc24)-c2cccc4cccc-3c24)c([2H])c1[2H]. The van der Waals surface area contributed by atoms with Gasteiger partial charge in [0, 0.05) is 4.47 Å².